The summed E-state index contributed by atoms with van der Waals surface area (Å²) in [5.74, 6) is 0. The maximum absolute atomic E-state index is 4.80. The van der Waals surface area contributed by atoms with Crippen LogP contribution in [0, 0.1) is 0 Å². The standard InChI is InChI=1S/C17H27N3S/c1-5-16-15(19-17(21-16)9-11-20(3)4)12-13(2)14-8-6-7-10-18-14/h5,12,14,18H,2,6-11H2,1,3-4H3/b15-12+,16-5+/t14-/m0/s1. The lowest BCUT2D eigenvalue weighted by molar-refractivity contribution is 0.413. The van der Waals surface area contributed by atoms with E-state index in [1.165, 1.54) is 34.4 Å². The van der Waals surface area contributed by atoms with Crippen LogP contribution in [0.3, 0.4) is 0 Å². The summed E-state index contributed by atoms with van der Waals surface area (Å²) in [6.07, 6.45) is 9.11. The predicted molar refractivity (Wildman–Crippen MR) is 93.0 cm³/mol. The molecular weight excluding hydrogens is 278 g/mol. The fourth-order valence-electron chi connectivity index (χ4n) is 2.57. The zero-order chi connectivity index (χ0) is 15.2. The molecule has 0 radical (unpaired) electrons. The van der Waals surface area contributed by atoms with Gasteiger partial charge in [0.2, 0.25) is 0 Å². The molecule has 1 aromatic heterocycles. The number of likely N-dealkylation sites (N-methyl/N-ethyl adjacent to an activating group) is 1. The van der Waals surface area contributed by atoms with Crippen LogP contribution in [0.2, 0.25) is 0 Å². The van der Waals surface area contributed by atoms with Gasteiger partial charge in [0.1, 0.15) is 0 Å². The van der Waals surface area contributed by atoms with Gasteiger partial charge in [-0.1, -0.05) is 19.1 Å². The van der Waals surface area contributed by atoms with Crippen molar-refractivity contribution in [2.24, 2.45) is 0 Å². The van der Waals surface area contributed by atoms with Crippen molar-refractivity contribution in [3.63, 3.8) is 0 Å². The van der Waals surface area contributed by atoms with Crippen LogP contribution in [-0.4, -0.2) is 43.1 Å². The number of hydrogen-bond donors (Lipinski definition) is 1. The van der Waals surface area contributed by atoms with Crippen molar-refractivity contribution in [1.82, 2.24) is 15.2 Å². The normalized spacial score (nSPS) is 21.2. The maximum Gasteiger partial charge on any atom is 0.0951 e. The van der Waals surface area contributed by atoms with Gasteiger partial charge in [0.15, 0.2) is 0 Å². The van der Waals surface area contributed by atoms with Crippen LogP contribution in [0.1, 0.15) is 31.2 Å². The van der Waals surface area contributed by atoms with Gasteiger partial charge in [0.25, 0.3) is 0 Å². The van der Waals surface area contributed by atoms with E-state index in [0.29, 0.717) is 6.04 Å². The summed E-state index contributed by atoms with van der Waals surface area (Å²) in [4.78, 5) is 7.00. The minimum absolute atomic E-state index is 0.426. The lowest BCUT2D eigenvalue weighted by Crippen LogP contribution is -2.35. The molecule has 0 amide bonds. The number of rotatable bonds is 5. The molecule has 2 heterocycles. The number of nitrogens with one attached hydrogen (secondary N) is 1. The highest BCUT2D eigenvalue weighted by atomic mass is 32.1. The molecule has 1 fully saturated rings. The van der Waals surface area contributed by atoms with Gasteiger partial charge in [0.05, 0.1) is 14.9 Å². The zero-order valence-electron chi connectivity index (χ0n) is 13.5. The molecule has 0 unspecified atom stereocenters. The SMILES string of the molecule is C=C(/C=c1/nc(CCN(C)C)s/c1=C/C)[C@@H]1CCCCN1. The van der Waals surface area contributed by atoms with E-state index in [-0.39, 0.29) is 0 Å². The zero-order valence-corrected chi connectivity index (χ0v) is 14.3. The average Bonchev–Trinajstić information content (AvgIpc) is 2.88. The minimum atomic E-state index is 0.426. The topological polar surface area (TPSA) is 28.2 Å². The Balaban J connectivity index is 2.17. The molecular formula is C17H27N3S. The number of aromatic nitrogens is 1. The molecule has 0 aromatic carbocycles. The molecule has 116 valence electrons. The molecule has 0 saturated carbocycles. The van der Waals surface area contributed by atoms with E-state index in [1.807, 2.05) is 0 Å². The van der Waals surface area contributed by atoms with E-state index in [1.54, 1.807) is 11.3 Å². The number of piperidine rings is 1. The molecule has 21 heavy (non-hydrogen) atoms. The van der Waals surface area contributed by atoms with E-state index >= 15 is 0 Å². The summed E-state index contributed by atoms with van der Waals surface area (Å²) in [6, 6.07) is 0.426. The van der Waals surface area contributed by atoms with E-state index in [9.17, 15) is 0 Å². The molecule has 3 nitrogen and oxygen atoms in total. The van der Waals surface area contributed by atoms with Gasteiger partial charge in [0, 0.05) is 19.0 Å². The van der Waals surface area contributed by atoms with Crippen molar-refractivity contribution in [3.8, 4) is 0 Å². The Bertz CT molecular complexity index is 580. The predicted octanol–water partition coefficient (Wildman–Crippen LogP) is 1.53. The molecule has 2 rings (SSSR count). The van der Waals surface area contributed by atoms with Gasteiger partial charge >= 0.3 is 0 Å². The van der Waals surface area contributed by atoms with Crippen LogP contribution in [0.15, 0.2) is 12.2 Å². The van der Waals surface area contributed by atoms with E-state index < -0.39 is 0 Å². The third-order valence-corrected chi connectivity index (χ3v) is 5.04. The molecule has 0 aliphatic carbocycles. The second-order valence-corrected chi connectivity index (χ2v) is 7.04. The van der Waals surface area contributed by atoms with Crippen LogP contribution in [0.4, 0.5) is 0 Å². The van der Waals surface area contributed by atoms with Gasteiger partial charge in [-0.25, -0.2) is 4.98 Å². The average molecular weight is 305 g/mol. The molecule has 1 aliphatic heterocycles. The van der Waals surface area contributed by atoms with Crippen LogP contribution < -0.4 is 15.2 Å². The molecule has 0 bridgehead atoms. The summed E-state index contributed by atoms with van der Waals surface area (Å²) in [7, 11) is 4.20. The summed E-state index contributed by atoms with van der Waals surface area (Å²) in [5.41, 5.74) is 1.17. The maximum atomic E-state index is 4.80. The Kier molecular flexibility index (Phi) is 6.15. The highest BCUT2D eigenvalue weighted by Gasteiger charge is 2.14. The van der Waals surface area contributed by atoms with Gasteiger partial charge in [-0.3, -0.25) is 0 Å². The van der Waals surface area contributed by atoms with Gasteiger partial charge in [-0.15, -0.1) is 11.3 Å². The molecule has 1 aliphatic rings. The molecule has 0 spiro atoms. The summed E-state index contributed by atoms with van der Waals surface area (Å²) in [6.45, 7) is 8.49. The summed E-state index contributed by atoms with van der Waals surface area (Å²) < 4.78 is 1.26. The van der Waals surface area contributed by atoms with Crippen LogP contribution >= 0.6 is 11.3 Å². The van der Waals surface area contributed by atoms with Crippen molar-refractivity contribution in [3.05, 3.63) is 27.0 Å². The number of hydrogen-bond acceptors (Lipinski definition) is 4. The Morgan fingerprint density at radius 3 is 2.90 bits per heavy atom. The van der Waals surface area contributed by atoms with Crippen molar-refractivity contribution >= 4 is 23.5 Å². The molecule has 1 saturated heterocycles. The van der Waals surface area contributed by atoms with Crippen LogP contribution in [0.5, 0.6) is 0 Å². The first-order valence-corrected chi connectivity index (χ1v) is 8.62. The monoisotopic (exact) mass is 305 g/mol. The van der Waals surface area contributed by atoms with Crippen molar-refractivity contribution in [2.75, 3.05) is 27.2 Å². The highest BCUT2D eigenvalue weighted by Crippen LogP contribution is 2.14. The van der Waals surface area contributed by atoms with Gasteiger partial charge < -0.3 is 10.2 Å². The summed E-state index contributed by atoms with van der Waals surface area (Å²) in [5, 5.41) is 5.86. The second kappa shape index (κ2) is 7.87. The Morgan fingerprint density at radius 2 is 2.29 bits per heavy atom. The lowest BCUT2D eigenvalue weighted by Gasteiger charge is -2.23. The first-order chi connectivity index (χ1) is 10.1. The van der Waals surface area contributed by atoms with Crippen molar-refractivity contribution in [2.45, 2.75) is 38.6 Å². The second-order valence-electron chi connectivity index (χ2n) is 5.92. The van der Waals surface area contributed by atoms with Gasteiger partial charge in [-0.05, 0) is 52.1 Å². The number of thiazole rings is 1. The molecule has 1 N–H and O–H groups in total. The smallest absolute Gasteiger partial charge is 0.0951 e. The molecule has 1 aromatic rings. The molecule has 1 atom stereocenters. The first kappa shape index (κ1) is 16.4. The van der Waals surface area contributed by atoms with Crippen molar-refractivity contribution in [1.29, 1.82) is 0 Å². The van der Waals surface area contributed by atoms with Gasteiger partial charge in [-0.2, -0.15) is 0 Å². The van der Waals surface area contributed by atoms with Crippen LogP contribution in [0.25, 0.3) is 12.2 Å². The van der Waals surface area contributed by atoms with E-state index in [0.717, 1.165) is 24.9 Å². The molecule has 4 heteroatoms. The Hall–Kier alpha value is -0.970. The highest BCUT2D eigenvalue weighted by molar-refractivity contribution is 7.09. The minimum Gasteiger partial charge on any atom is -0.310 e. The third-order valence-electron chi connectivity index (χ3n) is 3.84. The quantitative estimate of drug-likeness (QED) is 0.894. The third kappa shape index (κ3) is 4.77. The fraction of sp³-hybridized carbons (Fsp3) is 0.588. The number of nitrogens with zero attached hydrogens (tertiary/aromatic N) is 2. The Labute approximate surface area is 132 Å². The van der Waals surface area contributed by atoms with Crippen LogP contribution in [-0.2, 0) is 6.42 Å². The van der Waals surface area contributed by atoms with Crippen molar-refractivity contribution < 1.29 is 0 Å². The first-order valence-electron chi connectivity index (χ1n) is 7.81. The lowest BCUT2D eigenvalue weighted by atomic mass is 9.98. The van der Waals surface area contributed by atoms with E-state index in [2.05, 4.69) is 50.0 Å². The van der Waals surface area contributed by atoms with E-state index in [4.69, 9.17) is 4.98 Å². The summed E-state index contributed by atoms with van der Waals surface area (Å²) >= 11 is 1.80. The largest absolute Gasteiger partial charge is 0.310 e. The Morgan fingerprint density at radius 1 is 1.48 bits per heavy atom. The fourth-order valence-corrected chi connectivity index (χ4v) is 3.49.